The van der Waals surface area contributed by atoms with Crippen molar-refractivity contribution in [3.05, 3.63) is 102 Å². The van der Waals surface area contributed by atoms with Crippen molar-refractivity contribution in [3.8, 4) is 0 Å². The summed E-state index contributed by atoms with van der Waals surface area (Å²) in [4.78, 5) is 16.4. The minimum atomic E-state index is -4.11. The summed E-state index contributed by atoms with van der Waals surface area (Å²) in [6.45, 7) is 0.402. The zero-order chi connectivity index (χ0) is 23.4. The maximum Gasteiger partial charge on any atom is 0.261 e. The zero-order valence-corrected chi connectivity index (χ0v) is 18.1. The van der Waals surface area contributed by atoms with Gasteiger partial charge in [0.1, 0.15) is 0 Å². The van der Waals surface area contributed by atoms with Crippen molar-refractivity contribution in [3.63, 3.8) is 0 Å². The number of nitrogens with one attached hydrogen (secondary N) is 2. The van der Waals surface area contributed by atoms with Gasteiger partial charge < -0.3 is 5.32 Å². The second kappa shape index (κ2) is 9.33. The third-order valence-corrected chi connectivity index (χ3v) is 6.38. The predicted octanol–water partition coefficient (Wildman–Crippen LogP) is 4.29. The first-order valence-corrected chi connectivity index (χ1v) is 11.5. The number of para-hydroxylation sites is 1. The molecule has 0 spiro atoms. The van der Waals surface area contributed by atoms with Crippen LogP contribution in [0.5, 0.6) is 0 Å². The number of hydrogen-bond donors (Lipinski definition) is 2. The van der Waals surface area contributed by atoms with Crippen LogP contribution >= 0.6 is 0 Å². The van der Waals surface area contributed by atoms with E-state index in [0.717, 1.165) is 28.6 Å². The molecular weight excluding hydrogens is 448 g/mol. The monoisotopic (exact) mass is 467 g/mol. The van der Waals surface area contributed by atoms with Gasteiger partial charge in [-0.1, -0.05) is 24.3 Å². The predicted molar refractivity (Wildman–Crippen MR) is 121 cm³/mol. The van der Waals surface area contributed by atoms with E-state index < -0.39 is 26.6 Å². The number of rotatable bonds is 7. The molecule has 0 bridgehead atoms. The van der Waals surface area contributed by atoms with Gasteiger partial charge in [0.15, 0.2) is 11.6 Å². The Morgan fingerprint density at radius 1 is 0.909 bits per heavy atom. The van der Waals surface area contributed by atoms with Crippen molar-refractivity contribution in [2.24, 2.45) is 0 Å². The average molecular weight is 467 g/mol. The van der Waals surface area contributed by atoms with Gasteiger partial charge in [-0.3, -0.25) is 14.5 Å². The molecule has 168 valence electrons. The van der Waals surface area contributed by atoms with Gasteiger partial charge in [0, 0.05) is 29.4 Å². The minimum absolute atomic E-state index is 0.179. The second-order valence-corrected chi connectivity index (χ2v) is 8.94. The normalized spacial score (nSPS) is 11.3. The van der Waals surface area contributed by atoms with E-state index in [9.17, 15) is 22.0 Å². The van der Waals surface area contributed by atoms with Crippen molar-refractivity contribution >= 4 is 32.5 Å². The highest BCUT2D eigenvalue weighted by molar-refractivity contribution is 7.92. The molecule has 9 heteroatoms. The molecule has 0 unspecified atom stereocenters. The van der Waals surface area contributed by atoms with Gasteiger partial charge in [-0.05, 0) is 60.5 Å². The lowest BCUT2D eigenvalue weighted by molar-refractivity contribution is 0.0954. The first-order valence-electron chi connectivity index (χ1n) is 10.0. The number of halogens is 2. The van der Waals surface area contributed by atoms with E-state index in [-0.39, 0.29) is 11.6 Å². The quantitative estimate of drug-likeness (QED) is 0.425. The Morgan fingerprint density at radius 3 is 2.42 bits per heavy atom. The number of hydrogen-bond acceptors (Lipinski definition) is 4. The summed E-state index contributed by atoms with van der Waals surface area (Å²) in [5.41, 5.74) is 2.45. The van der Waals surface area contributed by atoms with Crippen molar-refractivity contribution in [1.29, 1.82) is 0 Å². The van der Waals surface area contributed by atoms with Gasteiger partial charge in [0.2, 0.25) is 0 Å². The molecule has 2 N–H and O–H groups in total. The maximum absolute atomic E-state index is 13.4. The summed E-state index contributed by atoms with van der Waals surface area (Å²) < 4.78 is 53.4. The largest absolute Gasteiger partial charge is 0.352 e. The minimum Gasteiger partial charge on any atom is -0.352 e. The summed E-state index contributed by atoms with van der Waals surface area (Å²) in [6.07, 6.45) is 2.33. The Bertz CT molecular complexity index is 1420. The van der Waals surface area contributed by atoms with Crippen LogP contribution in [0.25, 0.3) is 10.9 Å². The van der Waals surface area contributed by atoms with Crippen molar-refractivity contribution < 1.29 is 22.0 Å². The molecule has 4 aromatic rings. The van der Waals surface area contributed by atoms with E-state index in [1.54, 1.807) is 6.20 Å². The average Bonchev–Trinajstić information content (AvgIpc) is 2.81. The molecule has 0 aliphatic heterocycles. The van der Waals surface area contributed by atoms with Gasteiger partial charge in [-0.25, -0.2) is 17.2 Å². The Morgan fingerprint density at radius 2 is 1.67 bits per heavy atom. The molecule has 0 fully saturated rings. The molecule has 0 saturated carbocycles. The van der Waals surface area contributed by atoms with Crippen LogP contribution in [0.1, 0.15) is 15.9 Å². The van der Waals surface area contributed by atoms with Gasteiger partial charge >= 0.3 is 0 Å². The first-order chi connectivity index (χ1) is 15.8. The van der Waals surface area contributed by atoms with E-state index in [1.807, 2.05) is 30.3 Å². The van der Waals surface area contributed by atoms with E-state index in [4.69, 9.17) is 0 Å². The number of amides is 1. The fourth-order valence-corrected chi connectivity index (χ4v) is 4.40. The van der Waals surface area contributed by atoms with Crippen LogP contribution in [0.3, 0.4) is 0 Å². The van der Waals surface area contributed by atoms with Gasteiger partial charge in [0.25, 0.3) is 15.9 Å². The van der Waals surface area contributed by atoms with Crippen molar-refractivity contribution in [2.45, 2.75) is 11.3 Å². The molecule has 6 nitrogen and oxygen atoms in total. The SMILES string of the molecule is O=C(NCCc1cccc2cccnc12)c1ccc(NS(=O)(=O)c2ccc(F)c(F)c2)cc1. The van der Waals surface area contributed by atoms with Crippen molar-refractivity contribution in [1.82, 2.24) is 10.3 Å². The maximum atomic E-state index is 13.4. The van der Waals surface area contributed by atoms with Crippen LogP contribution in [0, 0.1) is 11.6 Å². The fraction of sp³-hybridized carbons (Fsp3) is 0.0833. The number of anilines is 1. The first kappa shape index (κ1) is 22.3. The molecule has 4 rings (SSSR count). The number of carbonyl (C=O) groups excluding carboxylic acids is 1. The summed E-state index contributed by atoms with van der Waals surface area (Å²) in [6, 6.07) is 17.8. The zero-order valence-electron chi connectivity index (χ0n) is 17.3. The molecule has 0 aliphatic rings. The highest BCUT2D eigenvalue weighted by Gasteiger charge is 2.17. The van der Waals surface area contributed by atoms with Crippen LogP contribution < -0.4 is 10.0 Å². The number of aromatic nitrogens is 1. The topological polar surface area (TPSA) is 88.2 Å². The van der Waals surface area contributed by atoms with Gasteiger partial charge in [-0.2, -0.15) is 0 Å². The van der Waals surface area contributed by atoms with Crippen LogP contribution in [-0.2, 0) is 16.4 Å². The summed E-state index contributed by atoms with van der Waals surface area (Å²) in [7, 11) is -4.11. The summed E-state index contributed by atoms with van der Waals surface area (Å²) in [5, 5.41) is 3.86. The molecule has 33 heavy (non-hydrogen) atoms. The molecule has 1 aromatic heterocycles. The lowest BCUT2D eigenvalue weighted by atomic mass is 10.1. The van der Waals surface area contributed by atoms with Gasteiger partial charge in [0.05, 0.1) is 10.4 Å². The highest BCUT2D eigenvalue weighted by Crippen LogP contribution is 2.19. The molecule has 0 atom stereocenters. The number of fused-ring (bicyclic) bond motifs is 1. The van der Waals surface area contributed by atoms with Crippen LogP contribution in [0.4, 0.5) is 14.5 Å². The fourth-order valence-electron chi connectivity index (χ4n) is 3.33. The van der Waals surface area contributed by atoms with E-state index in [1.165, 1.54) is 24.3 Å². The number of carbonyl (C=O) groups is 1. The Balaban J connectivity index is 1.37. The van der Waals surface area contributed by atoms with Crippen LogP contribution in [-0.4, -0.2) is 25.9 Å². The molecule has 1 heterocycles. The standard InChI is InChI=1S/C24H19F2N3O3S/c25-21-11-10-20(15-22(21)26)33(31,32)29-19-8-6-18(7-9-19)24(30)28-14-12-17-4-1-3-16-5-2-13-27-23(16)17/h1-11,13,15,29H,12,14H2,(H,28,30). The van der Waals surface area contributed by atoms with E-state index in [2.05, 4.69) is 15.0 Å². The third kappa shape index (κ3) is 5.15. The molecule has 1 amide bonds. The molecule has 0 radical (unpaired) electrons. The van der Waals surface area contributed by atoms with E-state index in [0.29, 0.717) is 24.6 Å². The number of pyridine rings is 1. The highest BCUT2D eigenvalue weighted by atomic mass is 32.2. The lowest BCUT2D eigenvalue weighted by Crippen LogP contribution is -2.25. The van der Waals surface area contributed by atoms with Crippen LogP contribution in [0.2, 0.25) is 0 Å². The number of nitrogens with zero attached hydrogens (tertiary/aromatic N) is 1. The lowest BCUT2D eigenvalue weighted by Gasteiger charge is -2.10. The Hall–Kier alpha value is -3.85. The van der Waals surface area contributed by atoms with Crippen molar-refractivity contribution in [2.75, 3.05) is 11.3 Å². The Labute approximate surface area is 189 Å². The Kier molecular flexibility index (Phi) is 6.32. The molecule has 3 aromatic carbocycles. The molecule has 0 aliphatic carbocycles. The molecule has 0 saturated heterocycles. The van der Waals surface area contributed by atoms with Gasteiger partial charge in [-0.15, -0.1) is 0 Å². The van der Waals surface area contributed by atoms with E-state index >= 15 is 0 Å². The number of benzene rings is 3. The summed E-state index contributed by atoms with van der Waals surface area (Å²) in [5.74, 6) is -2.71. The summed E-state index contributed by atoms with van der Waals surface area (Å²) >= 11 is 0. The smallest absolute Gasteiger partial charge is 0.261 e. The van der Waals surface area contributed by atoms with Crippen LogP contribution in [0.15, 0.2) is 83.9 Å². The number of sulfonamides is 1. The molecular formula is C24H19F2N3O3S. The third-order valence-electron chi connectivity index (χ3n) is 5.00. The second-order valence-electron chi connectivity index (χ2n) is 7.26.